The molecule has 0 aliphatic heterocycles. The highest BCUT2D eigenvalue weighted by Crippen LogP contribution is 2.35. The van der Waals surface area contributed by atoms with Gasteiger partial charge in [-0.2, -0.15) is 0 Å². The SMILES string of the molecule is CC(C)(C)c1ccc(C(C)(C)C)c(NCC(=O)Nc2cccc(NC(=O)CNc3cc(C(C)(C)C)ccc3C(C)(C)C)c2)c1. The summed E-state index contributed by atoms with van der Waals surface area (Å²) in [7, 11) is 0. The molecule has 6 heteroatoms. The molecular weight excluding hydrogens is 544 g/mol. The van der Waals surface area contributed by atoms with Crippen molar-refractivity contribution in [3.63, 3.8) is 0 Å². The maximum Gasteiger partial charge on any atom is 0.243 e. The highest BCUT2D eigenvalue weighted by Gasteiger charge is 2.23. The zero-order chi connectivity index (χ0) is 33.1. The van der Waals surface area contributed by atoms with Crippen molar-refractivity contribution in [2.75, 3.05) is 34.4 Å². The van der Waals surface area contributed by atoms with Crippen molar-refractivity contribution in [1.29, 1.82) is 0 Å². The number of carbonyl (C=O) groups is 2. The van der Waals surface area contributed by atoms with Crippen LogP contribution in [-0.4, -0.2) is 24.9 Å². The Morgan fingerprint density at radius 3 is 1.18 bits per heavy atom. The summed E-state index contributed by atoms with van der Waals surface area (Å²) in [6.07, 6.45) is 0. The Balaban J connectivity index is 1.65. The predicted molar refractivity (Wildman–Crippen MR) is 188 cm³/mol. The van der Waals surface area contributed by atoms with Gasteiger partial charge in [0.1, 0.15) is 0 Å². The molecule has 0 aromatic heterocycles. The van der Waals surface area contributed by atoms with Gasteiger partial charge in [0.15, 0.2) is 0 Å². The molecule has 0 atom stereocenters. The molecule has 3 aromatic rings. The maximum atomic E-state index is 13.0. The third-order valence-electron chi connectivity index (χ3n) is 7.70. The van der Waals surface area contributed by atoms with Crippen LogP contribution in [0.3, 0.4) is 0 Å². The lowest BCUT2D eigenvalue weighted by atomic mass is 9.81. The van der Waals surface area contributed by atoms with Crippen LogP contribution >= 0.6 is 0 Å². The van der Waals surface area contributed by atoms with Crippen LogP contribution in [0.5, 0.6) is 0 Å². The van der Waals surface area contributed by atoms with Gasteiger partial charge in [-0.05, 0) is 74.2 Å². The van der Waals surface area contributed by atoms with Crippen LogP contribution in [0.25, 0.3) is 0 Å². The quantitative estimate of drug-likeness (QED) is 0.209. The van der Waals surface area contributed by atoms with E-state index in [0.29, 0.717) is 11.4 Å². The summed E-state index contributed by atoms with van der Waals surface area (Å²) in [6, 6.07) is 20.2. The number of rotatable bonds is 8. The molecule has 0 spiro atoms. The van der Waals surface area contributed by atoms with Gasteiger partial charge in [-0.1, -0.05) is 113 Å². The molecule has 3 rings (SSSR count). The molecule has 3 aromatic carbocycles. The number of anilines is 4. The van der Waals surface area contributed by atoms with E-state index in [-0.39, 0.29) is 46.6 Å². The second-order valence-electron chi connectivity index (χ2n) is 15.9. The highest BCUT2D eigenvalue weighted by molar-refractivity contribution is 5.97. The third kappa shape index (κ3) is 9.60. The minimum atomic E-state index is -0.162. The largest absolute Gasteiger partial charge is 0.376 e. The van der Waals surface area contributed by atoms with Gasteiger partial charge in [0.2, 0.25) is 11.8 Å². The van der Waals surface area contributed by atoms with Crippen molar-refractivity contribution in [3.05, 3.63) is 82.9 Å². The average Bonchev–Trinajstić information content (AvgIpc) is 2.88. The molecule has 0 unspecified atom stereocenters. The van der Waals surface area contributed by atoms with E-state index in [9.17, 15) is 9.59 Å². The van der Waals surface area contributed by atoms with Crippen molar-refractivity contribution in [2.24, 2.45) is 0 Å². The summed E-state index contributed by atoms with van der Waals surface area (Å²) in [4.78, 5) is 25.9. The fourth-order valence-electron chi connectivity index (χ4n) is 5.06. The Morgan fingerprint density at radius 1 is 0.500 bits per heavy atom. The molecule has 0 aliphatic rings. The molecule has 0 aliphatic carbocycles. The first-order chi connectivity index (χ1) is 20.1. The number of benzene rings is 3. The first-order valence-electron chi connectivity index (χ1n) is 15.6. The summed E-state index contributed by atoms with van der Waals surface area (Å²) in [6.45, 7) is 26.4. The van der Waals surface area contributed by atoms with Gasteiger partial charge in [-0.25, -0.2) is 0 Å². The zero-order valence-corrected chi connectivity index (χ0v) is 29.0. The molecule has 6 nitrogen and oxygen atoms in total. The van der Waals surface area contributed by atoms with Crippen molar-refractivity contribution in [3.8, 4) is 0 Å². The normalized spacial score (nSPS) is 12.5. The molecule has 0 bridgehead atoms. The van der Waals surface area contributed by atoms with E-state index < -0.39 is 0 Å². The molecule has 0 radical (unpaired) electrons. The maximum absolute atomic E-state index is 13.0. The van der Waals surface area contributed by atoms with E-state index in [1.54, 1.807) is 6.07 Å². The van der Waals surface area contributed by atoms with Gasteiger partial charge in [0, 0.05) is 22.7 Å². The number of carbonyl (C=O) groups excluding carboxylic acids is 2. The van der Waals surface area contributed by atoms with E-state index in [4.69, 9.17) is 0 Å². The lowest BCUT2D eigenvalue weighted by molar-refractivity contribution is -0.115. The average molecular weight is 599 g/mol. The molecular formula is C38H54N4O2. The minimum Gasteiger partial charge on any atom is -0.376 e. The number of amides is 2. The van der Waals surface area contributed by atoms with Crippen LogP contribution in [0.4, 0.5) is 22.7 Å². The van der Waals surface area contributed by atoms with Gasteiger partial charge in [-0.15, -0.1) is 0 Å². The Labute approximate surface area is 265 Å². The van der Waals surface area contributed by atoms with E-state index >= 15 is 0 Å². The first kappa shape index (κ1) is 34.7. The van der Waals surface area contributed by atoms with Gasteiger partial charge in [0.05, 0.1) is 13.1 Å². The smallest absolute Gasteiger partial charge is 0.243 e. The van der Waals surface area contributed by atoms with Crippen molar-refractivity contribution in [2.45, 2.75) is 105 Å². The Hall–Kier alpha value is -3.80. The number of hydrogen-bond donors (Lipinski definition) is 4. The summed E-state index contributed by atoms with van der Waals surface area (Å²) < 4.78 is 0. The van der Waals surface area contributed by atoms with Gasteiger partial charge in [-0.3, -0.25) is 9.59 Å². The van der Waals surface area contributed by atoms with Crippen LogP contribution in [0.1, 0.15) is 105 Å². The molecule has 238 valence electrons. The minimum absolute atomic E-state index is 0.000833. The third-order valence-corrected chi connectivity index (χ3v) is 7.70. The van der Waals surface area contributed by atoms with Crippen molar-refractivity contribution in [1.82, 2.24) is 0 Å². The molecule has 0 saturated heterocycles. The fraction of sp³-hybridized carbons (Fsp3) is 0.474. The van der Waals surface area contributed by atoms with Gasteiger partial charge < -0.3 is 21.3 Å². The predicted octanol–water partition coefficient (Wildman–Crippen LogP) is 8.98. The van der Waals surface area contributed by atoms with Gasteiger partial charge >= 0.3 is 0 Å². The highest BCUT2D eigenvalue weighted by atomic mass is 16.2. The van der Waals surface area contributed by atoms with Crippen LogP contribution in [0.15, 0.2) is 60.7 Å². The van der Waals surface area contributed by atoms with Gasteiger partial charge in [0.25, 0.3) is 0 Å². The molecule has 0 fully saturated rings. The Morgan fingerprint density at radius 2 is 0.864 bits per heavy atom. The van der Waals surface area contributed by atoms with E-state index in [1.165, 1.54) is 11.1 Å². The topological polar surface area (TPSA) is 82.3 Å². The first-order valence-corrected chi connectivity index (χ1v) is 15.6. The van der Waals surface area contributed by atoms with E-state index in [2.05, 4.69) is 141 Å². The summed E-state index contributed by atoms with van der Waals surface area (Å²) in [5.74, 6) is -0.325. The Kier molecular flexibility index (Phi) is 10.3. The van der Waals surface area contributed by atoms with Crippen LogP contribution in [0, 0.1) is 0 Å². The zero-order valence-electron chi connectivity index (χ0n) is 29.0. The van der Waals surface area contributed by atoms with Crippen LogP contribution in [-0.2, 0) is 31.2 Å². The summed E-state index contributed by atoms with van der Waals surface area (Å²) in [5.41, 5.74) is 7.79. The number of hydrogen-bond acceptors (Lipinski definition) is 4. The Bertz CT molecular complexity index is 1370. The summed E-state index contributed by atoms with van der Waals surface area (Å²) >= 11 is 0. The number of nitrogens with one attached hydrogen (secondary N) is 4. The van der Waals surface area contributed by atoms with E-state index in [0.717, 1.165) is 22.5 Å². The lowest BCUT2D eigenvalue weighted by Gasteiger charge is -2.27. The second kappa shape index (κ2) is 13.1. The van der Waals surface area contributed by atoms with Crippen LogP contribution in [0.2, 0.25) is 0 Å². The molecule has 0 heterocycles. The monoisotopic (exact) mass is 598 g/mol. The van der Waals surface area contributed by atoms with E-state index in [1.807, 2.05) is 18.2 Å². The molecule has 2 amide bonds. The molecule has 4 N–H and O–H groups in total. The van der Waals surface area contributed by atoms with Crippen LogP contribution < -0.4 is 21.3 Å². The van der Waals surface area contributed by atoms with Crippen molar-refractivity contribution >= 4 is 34.6 Å². The summed E-state index contributed by atoms with van der Waals surface area (Å²) in [5, 5.41) is 12.7. The lowest BCUT2D eigenvalue weighted by Crippen LogP contribution is -2.25. The second-order valence-corrected chi connectivity index (χ2v) is 15.9. The standard InChI is InChI=1S/C38H54N4O2/c1-35(2,3)25-16-18-29(37(7,8)9)31(20-25)39-23-33(43)41-27-14-13-15-28(22-27)42-34(44)24-40-32-21-26(36(4,5)6)17-19-30(32)38(10,11)12/h13-22,39-40H,23-24H2,1-12H3,(H,41,43)(H,42,44). The van der Waals surface area contributed by atoms with Crippen molar-refractivity contribution < 1.29 is 9.59 Å². The molecule has 0 saturated carbocycles. The fourth-order valence-corrected chi connectivity index (χ4v) is 5.06. The molecule has 44 heavy (non-hydrogen) atoms.